The van der Waals surface area contributed by atoms with E-state index in [1.807, 2.05) is 0 Å². The van der Waals surface area contributed by atoms with Gasteiger partial charge in [0.05, 0.1) is 33.6 Å². The number of nitrogens with one attached hydrogen (secondary N) is 1. The number of hydrogen-bond donors (Lipinski definition) is 3. The molecule has 8 heteroatoms. The molecule has 2 rings (SSSR count). The highest BCUT2D eigenvalue weighted by atomic mass is 16.5. The number of aryl methyl sites for hydroxylation is 1. The topological polar surface area (TPSA) is 110 Å². The third-order valence-corrected chi connectivity index (χ3v) is 4.37. The van der Waals surface area contributed by atoms with E-state index < -0.39 is 0 Å². The molecule has 8 nitrogen and oxygen atoms in total. The molecule has 0 saturated carbocycles. The van der Waals surface area contributed by atoms with E-state index in [1.54, 1.807) is 51.5 Å². The van der Waals surface area contributed by atoms with Gasteiger partial charge in [-0.05, 0) is 24.6 Å². The first-order valence-corrected chi connectivity index (χ1v) is 9.14. The van der Waals surface area contributed by atoms with E-state index in [1.165, 1.54) is 19.4 Å². The van der Waals surface area contributed by atoms with Gasteiger partial charge in [0.15, 0.2) is 11.5 Å². The third kappa shape index (κ3) is 5.51. The summed E-state index contributed by atoms with van der Waals surface area (Å²) >= 11 is 0. The number of aliphatic hydroxyl groups is 1. The molecule has 1 aromatic heterocycles. The number of carbonyl (C=O) groups excluding carboxylic acids is 1. The first-order valence-electron chi connectivity index (χ1n) is 9.14. The highest BCUT2D eigenvalue weighted by Crippen LogP contribution is 2.38. The van der Waals surface area contributed by atoms with Crippen LogP contribution in [-0.2, 0) is 17.9 Å². The summed E-state index contributed by atoms with van der Waals surface area (Å²) < 4.78 is 15.9. The number of hydrogen-bond acceptors (Lipinski definition) is 7. The number of aromatic nitrogens is 1. The van der Waals surface area contributed by atoms with Crippen LogP contribution in [0.3, 0.4) is 0 Å². The van der Waals surface area contributed by atoms with Gasteiger partial charge in [-0.25, -0.2) is 0 Å². The van der Waals surface area contributed by atoms with Gasteiger partial charge in [0.25, 0.3) is 0 Å². The monoisotopic (exact) mass is 414 g/mol. The van der Waals surface area contributed by atoms with Crippen LogP contribution in [0.25, 0.3) is 6.08 Å². The first kappa shape index (κ1) is 22.8. The van der Waals surface area contributed by atoms with Crippen molar-refractivity contribution in [1.29, 1.82) is 0 Å². The molecule has 0 aliphatic rings. The molecule has 0 unspecified atom stereocenters. The fourth-order valence-electron chi connectivity index (χ4n) is 2.76. The zero-order valence-corrected chi connectivity index (χ0v) is 17.4. The van der Waals surface area contributed by atoms with Crippen LogP contribution >= 0.6 is 0 Å². The standard InChI is InChI=1S/C22H26N2O6/c1-14-21(27)17(16(13-25)11-23-14)12-24-20(26)8-6-5-7-15-9-18(28-2)22(30-4)19(10-15)29-3/h5-11,25,27H,12-13H2,1-4H3,(H,24,26). The molecule has 1 heterocycles. The second kappa shape index (κ2) is 10.9. The Bertz CT molecular complexity index is 928. The number of pyridine rings is 1. The van der Waals surface area contributed by atoms with Gasteiger partial charge in [0, 0.05) is 29.9 Å². The normalized spacial score (nSPS) is 11.1. The minimum absolute atomic E-state index is 0.0341. The van der Waals surface area contributed by atoms with Gasteiger partial charge < -0.3 is 29.7 Å². The molecule has 0 aliphatic carbocycles. The fourth-order valence-corrected chi connectivity index (χ4v) is 2.76. The van der Waals surface area contributed by atoms with Crippen molar-refractivity contribution >= 4 is 12.0 Å². The lowest BCUT2D eigenvalue weighted by atomic mass is 10.1. The lowest BCUT2D eigenvalue weighted by Crippen LogP contribution is -2.21. The van der Waals surface area contributed by atoms with Crippen molar-refractivity contribution in [2.75, 3.05) is 21.3 Å². The van der Waals surface area contributed by atoms with Crippen LogP contribution in [0.15, 0.2) is 36.6 Å². The molecule has 0 aliphatic heterocycles. The van der Waals surface area contributed by atoms with Crippen LogP contribution in [0.1, 0.15) is 22.4 Å². The number of allylic oxidation sites excluding steroid dienone is 2. The highest BCUT2D eigenvalue weighted by molar-refractivity contribution is 5.88. The smallest absolute Gasteiger partial charge is 0.244 e. The molecule has 0 saturated heterocycles. The Morgan fingerprint density at radius 1 is 1.13 bits per heavy atom. The Hall–Kier alpha value is -3.52. The first-order chi connectivity index (χ1) is 14.4. The largest absolute Gasteiger partial charge is 0.506 e. The summed E-state index contributed by atoms with van der Waals surface area (Å²) in [6, 6.07) is 3.58. The number of rotatable bonds is 9. The number of aliphatic hydroxyl groups excluding tert-OH is 1. The average molecular weight is 414 g/mol. The quantitative estimate of drug-likeness (QED) is 0.427. The van der Waals surface area contributed by atoms with Crippen molar-refractivity contribution in [3.05, 3.63) is 58.9 Å². The van der Waals surface area contributed by atoms with Gasteiger partial charge in [-0.1, -0.05) is 18.2 Å². The van der Waals surface area contributed by atoms with Gasteiger partial charge in [-0.2, -0.15) is 0 Å². The molecule has 3 N–H and O–H groups in total. The second-order valence-electron chi connectivity index (χ2n) is 6.25. The summed E-state index contributed by atoms with van der Waals surface area (Å²) in [6.45, 7) is 1.44. The minimum Gasteiger partial charge on any atom is -0.506 e. The van der Waals surface area contributed by atoms with Crippen LogP contribution in [0.5, 0.6) is 23.0 Å². The predicted octanol–water partition coefficient (Wildman–Crippen LogP) is 2.50. The van der Waals surface area contributed by atoms with E-state index in [0.717, 1.165) is 5.56 Å². The molecule has 0 bridgehead atoms. The van der Waals surface area contributed by atoms with Gasteiger partial charge >= 0.3 is 0 Å². The molecular formula is C22H26N2O6. The Balaban J connectivity index is 2.03. The number of amides is 1. The van der Waals surface area contributed by atoms with Crippen LogP contribution in [-0.4, -0.2) is 42.4 Å². The number of benzene rings is 1. The van der Waals surface area contributed by atoms with Crippen LogP contribution in [0.2, 0.25) is 0 Å². The van der Waals surface area contributed by atoms with Crippen molar-refractivity contribution in [3.63, 3.8) is 0 Å². The summed E-state index contributed by atoms with van der Waals surface area (Å²) in [5.74, 6) is 1.19. The van der Waals surface area contributed by atoms with E-state index in [4.69, 9.17) is 14.2 Å². The summed E-state index contributed by atoms with van der Waals surface area (Å²) in [5, 5.41) is 22.2. The Morgan fingerprint density at radius 2 is 1.80 bits per heavy atom. The van der Waals surface area contributed by atoms with Gasteiger partial charge in [0.2, 0.25) is 11.7 Å². The van der Waals surface area contributed by atoms with E-state index in [2.05, 4.69) is 10.3 Å². The van der Waals surface area contributed by atoms with E-state index in [9.17, 15) is 15.0 Å². The summed E-state index contributed by atoms with van der Waals surface area (Å²) in [7, 11) is 4.62. The van der Waals surface area contributed by atoms with Crippen LogP contribution in [0, 0.1) is 6.92 Å². The molecule has 30 heavy (non-hydrogen) atoms. The Morgan fingerprint density at radius 3 is 2.37 bits per heavy atom. The molecule has 1 aromatic carbocycles. The molecular weight excluding hydrogens is 388 g/mol. The van der Waals surface area contributed by atoms with Crippen molar-refractivity contribution < 1.29 is 29.2 Å². The lowest BCUT2D eigenvalue weighted by molar-refractivity contribution is -0.116. The van der Waals surface area contributed by atoms with Gasteiger partial charge in [0.1, 0.15) is 5.75 Å². The highest BCUT2D eigenvalue weighted by Gasteiger charge is 2.12. The second-order valence-corrected chi connectivity index (χ2v) is 6.25. The zero-order chi connectivity index (χ0) is 22.1. The number of aromatic hydroxyl groups is 1. The van der Waals surface area contributed by atoms with Crippen LogP contribution in [0.4, 0.5) is 0 Å². The number of carbonyl (C=O) groups is 1. The van der Waals surface area contributed by atoms with Gasteiger partial charge in [-0.15, -0.1) is 0 Å². The van der Waals surface area contributed by atoms with E-state index in [0.29, 0.717) is 34.1 Å². The maximum Gasteiger partial charge on any atom is 0.244 e. The summed E-state index contributed by atoms with van der Waals surface area (Å²) in [4.78, 5) is 16.1. The number of nitrogens with zero attached hydrogens (tertiary/aromatic N) is 1. The predicted molar refractivity (Wildman–Crippen MR) is 113 cm³/mol. The maximum atomic E-state index is 12.1. The van der Waals surface area contributed by atoms with E-state index in [-0.39, 0.29) is 24.8 Å². The van der Waals surface area contributed by atoms with Gasteiger partial charge in [-0.3, -0.25) is 9.78 Å². The number of ether oxygens (including phenoxy) is 3. The summed E-state index contributed by atoms with van der Waals surface area (Å²) in [5.41, 5.74) is 2.14. The molecule has 2 aromatic rings. The summed E-state index contributed by atoms with van der Waals surface area (Å²) in [6.07, 6.45) is 7.91. The Labute approximate surface area is 175 Å². The van der Waals surface area contributed by atoms with E-state index >= 15 is 0 Å². The van der Waals surface area contributed by atoms with Crippen molar-refractivity contribution in [2.45, 2.75) is 20.1 Å². The molecule has 0 spiro atoms. The number of methoxy groups -OCH3 is 3. The average Bonchev–Trinajstić information content (AvgIpc) is 2.76. The Kier molecular flexibility index (Phi) is 8.25. The van der Waals surface area contributed by atoms with Crippen molar-refractivity contribution in [1.82, 2.24) is 10.3 Å². The van der Waals surface area contributed by atoms with Crippen LogP contribution < -0.4 is 19.5 Å². The maximum absolute atomic E-state index is 12.1. The van der Waals surface area contributed by atoms with Crippen molar-refractivity contribution in [3.8, 4) is 23.0 Å². The van der Waals surface area contributed by atoms with Crippen molar-refractivity contribution in [2.24, 2.45) is 0 Å². The SMILES string of the molecule is COc1cc(C=CC=CC(=O)NCc2c(CO)cnc(C)c2O)cc(OC)c1OC. The molecule has 0 fully saturated rings. The molecule has 0 radical (unpaired) electrons. The fraction of sp³-hybridized carbons (Fsp3) is 0.273. The third-order valence-electron chi connectivity index (χ3n) is 4.37. The minimum atomic E-state index is -0.345. The lowest BCUT2D eigenvalue weighted by Gasteiger charge is -2.12. The molecule has 0 atom stereocenters. The molecule has 1 amide bonds. The molecule has 160 valence electrons. The zero-order valence-electron chi connectivity index (χ0n) is 17.4.